The van der Waals surface area contributed by atoms with E-state index in [2.05, 4.69) is 25.3 Å². The van der Waals surface area contributed by atoms with E-state index in [0.29, 0.717) is 23.1 Å². The van der Waals surface area contributed by atoms with Gasteiger partial charge in [-0.3, -0.25) is 0 Å². The number of aromatic nitrogens is 4. The Labute approximate surface area is 291 Å². The number of alkyl halides is 6. The summed E-state index contributed by atoms with van der Waals surface area (Å²) in [5.41, 5.74) is 0.587. The summed E-state index contributed by atoms with van der Waals surface area (Å²) < 4.78 is 80.7. The van der Waals surface area contributed by atoms with Gasteiger partial charge in [0.25, 0.3) is 0 Å². The molecule has 0 radical (unpaired) electrons. The lowest BCUT2D eigenvalue weighted by atomic mass is 10.1. The van der Waals surface area contributed by atoms with E-state index in [4.69, 9.17) is 11.6 Å². The molecule has 7 nitrogen and oxygen atoms in total. The Kier molecular flexibility index (Phi) is 10.8. The normalized spacial score (nSPS) is 11.9. The molecule has 0 atom stereocenters. The first kappa shape index (κ1) is 36.1. The van der Waals surface area contributed by atoms with E-state index in [1.165, 1.54) is 46.9 Å². The molecule has 6 rings (SSSR count). The van der Waals surface area contributed by atoms with Crippen LogP contribution >= 0.6 is 34.3 Å². The van der Waals surface area contributed by atoms with Gasteiger partial charge in [-0.15, -0.1) is 22.7 Å². The van der Waals surface area contributed by atoms with Crippen molar-refractivity contribution in [2.45, 2.75) is 45.3 Å². The van der Waals surface area contributed by atoms with Crippen LogP contribution in [0.5, 0.6) is 0 Å². The van der Waals surface area contributed by atoms with E-state index in [-0.39, 0.29) is 35.5 Å². The van der Waals surface area contributed by atoms with Gasteiger partial charge < -0.3 is 15.1 Å². The van der Waals surface area contributed by atoms with Gasteiger partial charge >= 0.3 is 12.4 Å². The molecule has 0 amide bonds. The molecule has 16 heteroatoms. The largest absolute Gasteiger partial charge is 0.416 e. The minimum Gasteiger partial charge on any atom is -0.354 e. The maximum Gasteiger partial charge on any atom is 0.416 e. The lowest BCUT2D eigenvalue weighted by Gasteiger charge is -2.22. The summed E-state index contributed by atoms with van der Waals surface area (Å²) >= 11 is 8.80. The van der Waals surface area contributed by atoms with Crippen LogP contribution in [0, 0.1) is 0 Å². The number of hydrogen-bond donors (Lipinski definition) is 1. The van der Waals surface area contributed by atoms with Crippen molar-refractivity contribution in [3.8, 4) is 0 Å². The molecule has 258 valence electrons. The zero-order valence-corrected chi connectivity index (χ0v) is 29.0. The van der Waals surface area contributed by atoms with Gasteiger partial charge in [-0.25, -0.2) is 9.97 Å². The standard InChI is InChI=1S/C18H19F3N4S.C15H11ClF3N3S/c1-11(2)22-17-23-14-8-9-26-15(14)16(24-17)25(3)10-12-6-4-5-7-13(12)18(19,20)21;1-22(8-9-4-2-3-5-10(9)15(17,18)19)13-12-11(6-7-23-12)20-14(16)21-13/h4-9,11H,10H2,1-3H3,(H,22,23,24);2-7H,8H2,1H3. The topological polar surface area (TPSA) is 70.1 Å². The van der Waals surface area contributed by atoms with Crippen LogP contribution in [0.15, 0.2) is 71.4 Å². The fraction of sp³-hybridized carbons (Fsp3) is 0.273. The van der Waals surface area contributed by atoms with Crippen LogP contribution in [0.2, 0.25) is 5.28 Å². The highest BCUT2D eigenvalue weighted by atomic mass is 35.5. The van der Waals surface area contributed by atoms with E-state index in [1.807, 2.05) is 30.7 Å². The number of nitrogens with zero attached hydrogens (tertiary/aromatic N) is 6. The number of nitrogens with one attached hydrogen (secondary N) is 1. The quantitative estimate of drug-likeness (QED) is 0.123. The summed E-state index contributed by atoms with van der Waals surface area (Å²) in [5, 5.41) is 6.97. The minimum absolute atomic E-state index is 0.0655. The maximum absolute atomic E-state index is 13.3. The molecule has 0 aliphatic heterocycles. The van der Waals surface area contributed by atoms with Crippen molar-refractivity contribution < 1.29 is 26.3 Å². The van der Waals surface area contributed by atoms with Gasteiger partial charge in [0.2, 0.25) is 11.2 Å². The number of halogens is 7. The second-order valence-electron chi connectivity index (χ2n) is 11.3. The lowest BCUT2D eigenvalue weighted by Crippen LogP contribution is -2.22. The molecule has 0 saturated heterocycles. The Balaban J connectivity index is 0.000000192. The first-order chi connectivity index (χ1) is 23.1. The van der Waals surface area contributed by atoms with Gasteiger partial charge in [-0.05, 0) is 71.6 Å². The van der Waals surface area contributed by atoms with Crippen LogP contribution in [-0.4, -0.2) is 40.1 Å². The van der Waals surface area contributed by atoms with Crippen molar-refractivity contribution in [1.82, 2.24) is 19.9 Å². The van der Waals surface area contributed by atoms with Crippen molar-refractivity contribution in [1.29, 1.82) is 0 Å². The van der Waals surface area contributed by atoms with Gasteiger partial charge in [0.1, 0.15) is 0 Å². The summed E-state index contributed by atoms with van der Waals surface area (Å²) in [6.45, 7) is 4.12. The summed E-state index contributed by atoms with van der Waals surface area (Å²) in [6.07, 6.45) is -8.77. The molecule has 0 aliphatic rings. The van der Waals surface area contributed by atoms with Crippen molar-refractivity contribution in [3.05, 3.63) is 99.0 Å². The average Bonchev–Trinajstić information content (AvgIpc) is 3.69. The molecule has 2 aromatic carbocycles. The fourth-order valence-corrected chi connectivity index (χ4v) is 6.96. The highest BCUT2D eigenvalue weighted by molar-refractivity contribution is 7.18. The summed E-state index contributed by atoms with van der Waals surface area (Å²) in [4.78, 5) is 20.7. The van der Waals surface area contributed by atoms with E-state index in [9.17, 15) is 26.3 Å². The molecule has 0 saturated carbocycles. The number of hydrogen-bond acceptors (Lipinski definition) is 9. The van der Waals surface area contributed by atoms with Crippen molar-refractivity contribution in [2.24, 2.45) is 0 Å². The fourth-order valence-electron chi connectivity index (χ4n) is 5.04. The highest BCUT2D eigenvalue weighted by Gasteiger charge is 2.34. The predicted octanol–water partition coefficient (Wildman–Crippen LogP) is 10.2. The van der Waals surface area contributed by atoms with Gasteiger partial charge in [-0.2, -0.15) is 36.3 Å². The van der Waals surface area contributed by atoms with Crippen molar-refractivity contribution in [2.75, 3.05) is 29.2 Å². The second kappa shape index (κ2) is 14.7. The molecule has 0 aliphatic carbocycles. The van der Waals surface area contributed by atoms with Gasteiger partial charge in [0, 0.05) is 33.2 Å². The Bertz CT molecular complexity index is 2040. The Morgan fingerprint density at radius 1 is 0.673 bits per heavy atom. The number of benzene rings is 2. The average molecular weight is 738 g/mol. The smallest absolute Gasteiger partial charge is 0.354 e. The molecule has 1 N–H and O–H groups in total. The summed E-state index contributed by atoms with van der Waals surface area (Å²) in [5.74, 6) is 1.61. The highest BCUT2D eigenvalue weighted by Crippen LogP contribution is 2.36. The monoisotopic (exact) mass is 737 g/mol. The second-order valence-corrected chi connectivity index (χ2v) is 13.4. The molecule has 49 heavy (non-hydrogen) atoms. The molecule has 0 spiro atoms. The third-order valence-corrected chi connectivity index (χ3v) is 9.11. The molecule has 4 aromatic heterocycles. The van der Waals surface area contributed by atoms with E-state index >= 15 is 0 Å². The van der Waals surface area contributed by atoms with E-state index in [1.54, 1.807) is 42.1 Å². The van der Waals surface area contributed by atoms with Crippen LogP contribution in [0.1, 0.15) is 36.1 Å². The van der Waals surface area contributed by atoms with E-state index in [0.717, 1.165) is 27.0 Å². The molecule has 0 unspecified atom stereocenters. The van der Waals surface area contributed by atoms with Crippen LogP contribution in [0.4, 0.5) is 43.9 Å². The zero-order chi connectivity index (χ0) is 35.5. The first-order valence-electron chi connectivity index (χ1n) is 14.8. The Hall–Kier alpha value is -4.21. The molecule has 6 aromatic rings. The molecular formula is C33H30ClF6N7S2. The minimum atomic E-state index is -4.39. The predicted molar refractivity (Wildman–Crippen MR) is 186 cm³/mol. The SMILES string of the molecule is CC(C)Nc1nc(N(C)Cc2ccccc2C(F)(F)F)c2sccc2n1.CN(Cc1ccccc1C(F)(F)F)c1nc(Cl)nc2ccsc12. The molecule has 0 bridgehead atoms. The van der Waals surface area contributed by atoms with Crippen LogP contribution in [-0.2, 0) is 25.4 Å². The van der Waals surface area contributed by atoms with Crippen molar-refractivity contribution >= 4 is 72.3 Å². The van der Waals surface area contributed by atoms with Gasteiger partial charge in [0.05, 0.1) is 31.6 Å². The number of rotatable bonds is 8. The van der Waals surface area contributed by atoms with Crippen LogP contribution in [0.3, 0.4) is 0 Å². The van der Waals surface area contributed by atoms with Crippen molar-refractivity contribution in [3.63, 3.8) is 0 Å². The van der Waals surface area contributed by atoms with E-state index < -0.39 is 23.5 Å². The number of thiophene rings is 2. The lowest BCUT2D eigenvalue weighted by molar-refractivity contribution is -0.139. The number of anilines is 3. The zero-order valence-electron chi connectivity index (χ0n) is 26.6. The third kappa shape index (κ3) is 8.69. The molecule has 4 heterocycles. The molecule has 0 fully saturated rings. The summed E-state index contributed by atoms with van der Waals surface area (Å²) in [7, 11) is 3.43. The Morgan fingerprint density at radius 3 is 1.59 bits per heavy atom. The first-order valence-corrected chi connectivity index (χ1v) is 16.9. The maximum atomic E-state index is 13.3. The van der Waals surface area contributed by atoms with Gasteiger partial charge in [-0.1, -0.05) is 36.4 Å². The number of fused-ring (bicyclic) bond motifs is 2. The van der Waals surface area contributed by atoms with Crippen LogP contribution in [0.25, 0.3) is 20.4 Å². The Morgan fingerprint density at radius 2 is 1.12 bits per heavy atom. The van der Waals surface area contributed by atoms with Gasteiger partial charge in [0.15, 0.2) is 11.6 Å². The third-order valence-electron chi connectivity index (χ3n) is 7.15. The summed E-state index contributed by atoms with van der Waals surface area (Å²) in [6, 6.07) is 15.0. The molecular weight excluding hydrogens is 708 g/mol. The van der Waals surface area contributed by atoms with Crippen LogP contribution < -0.4 is 15.1 Å².